The predicted octanol–water partition coefficient (Wildman–Crippen LogP) is 7.24. The van der Waals surface area contributed by atoms with E-state index in [9.17, 15) is 43.2 Å². The summed E-state index contributed by atoms with van der Waals surface area (Å²) in [4.78, 5) is 143. The number of benzene rings is 6. The molecular weight excluding hydrogens is 1250 g/mol. The van der Waals surface area contributed by atoms with Crippen LogP contribution in [0.3, 0.4) is 0 Å². The normalized spacial score (nSPS) is 12.9. The Balaban J connectivity index is 1.10. The van der Waals surface area contributed by atoms with Crippen LogP contribution in [0.15, 0.2) is 166 Å². The number of carbonyl (C=O) groups excluding carboxylic acids is 9. The largest absolute Gasteiger partial charge is 0.464 e. The van der Waals surface area contributed by atoms with E-state index in [1.54, 1.807) is 79.5 Å². The van der Waals surface area contributed by atoms with Crippen molar-refractivity contribution in [3.63, 3.8) is 0 Å². The van der Waals surface area contributed by atoms with Gasteiger partial charge < -0.3 is 70.2 Å². The van der Waals surface area contributed by atoms with Gasteiger partial charge in [0.2, 0.25) is 23.6 Å². The molecule has 0 saturated heterocycles. The van der Waals surface area contributed by atoms with Gasteiger partial charge in [-0.05, 0) is 54.4 Å². The number of fused-ring (bicyclic) bond motifs is 3. The van der Waals surface area contributed by atoms with Crippen molar-refractivity contribution >= 4 is 78.5 Å². The van der Waals surface area contributed by atoms with Crippen LogP contribution < -0.4 is 26.6 Å². The maximum atomic E-state index is 14.9. The van der Waals surface area contributed by atoms with Crippen molar-refractivity contribution in [2.24, 2.45) is 20.0 Å². The highest BCUT2D eigenvalue weighted by Gasteiger charge is 2.34. The molecule has 1 aliphatic carbocycles. The van der Waals surface area contributed by atoms with Gasteiger partial charge in [-0.2, -0.15) is 0 Å². The van der Waals surface area contributed by atoms with Crippen LogP contribution in [0.5, 0.6) is 0 Å². The molecule has 0 fully saturated rings. The molecule has 514 valence electrons. The van der Waals surface area contributed by atoms with Crippen molar-refractivity contribution in [3.05, 3.63) is 203 Å². The lowest BCUT2D eigenvalue weighted by molar-refractivity contribution is -0.145. The van der Waals surface area contributed by atoms with Gasteiger partial charge in [-0.25, -0.2) is 4.79 Å². The van der Waals surface area contributed by atoms with Gasteiger partial charge in [0, 0.05) is 38.1 Å². The molecule has 23 nitrogen and oxygen atoms in total. The quantitative estimate of drug-likeness (QED) is 0.00831. The molecular formula is C75H81N9O14-4. The third kappa shape index (κ3) is 27.0. The van der Waals surface area contributed by atoms with Crippen LogP contribution in [0.25, 0.3) is 11.1 Å². The Kier molecular flexibility index (Phi) is 32.2. The number of nitrogens with one attached hydrogen (secondary N) is 5. The minimum absolute atomic E-state index is 0.0708. The first-order chi connectivity index (χ1) is 47.8. The highest BCUT2D eigenvalue weighted by Crippen LogP contribution is 2.44. The fraction of sp³-hybridized carbons (Fsp3) is 0.347. The third-order valence-electron chi connectivity index (χ3n) is 15.0. The number of carbonyl (C=O) groups is 9. The second-order valence-corrected chi connectivity index (χ2v) is 22.3. The van der Waals surface area contributed by atoms with E-state index >= 15 is 0 Å². The van der Waals surface area contributed by atoms with Gasteiger partial charge in [0.1, 0.15) is 57.2 Å². The SMILES string of the molecule is CCCCNC(=O)[C@H](CCC(=O)OCCN=Cc1[c-]cccc1)NC(=O)[C@H](CCC(=O)OCCN=Cc1[c-]cccc1)NC(=O)[C@H](CCC(=O)OCCN=Cc1[c-]cccc1)NC(=O)[C@H](CCC(=O)OCCN=Cc1[c-]cccc1)NC(=O)OCC1c2ccccc2-c2ccccc21. The summed E-state index contributed by atoms with van der Waals surface area (Å²) in [6.07, 6.45) is 3.33. The molecule has 98 heavy (non-hydrogen) atoms. The van der Waals surface area contributed by atoms with Crippen LogP contribution in [0.1, 0.15) is 110 Å². The molecule has 7 rings (SSSR count). The molecule has 0 radical (unpaired) electrons. The lowest BCUT2D eigenvalue weighted by Gasteiger charge is -2.26. The topological polar surface area (TPSA) is 309 Å². The summed E-state index contributed by atoms with van der Waals surface area (Å²) in [5.74, 6) is -7.05. The first-order valence-electron chi connectivity index (χ1n) is 32.6. The van der Waals surface area contributed by atoms with E-state index in [1.807, 2.05) is 97.9 Å². The maximum Gasteiger partial charge on any atom is 0.407 e. The summed E-state index contributed by atoms with van der Waals surface area (Å²) in [5, 5.41) is 13.2. The molecule has 0 spiro atoms. The fourth-order valence-corrected chi connectivity index (χ4v) is 9.97. The highest BCUT2D eigenvalue weighted by molar-refractivity contribution is 5.96. The van der Waals surface area contributed by atoms with Crippen molar-refractivity contribution in [1.29, 1.82) is 0 Å². The monoisotopic (exact) mass is 1330 g/mol. The number of unbranched alkanes of at least 4 members (excludes halogenated alkanes) is 1. The standard InChI is InChI=1S/C75H81N9O14/c1-2-3-40-80-71(89)63(32-36-67(85)94-45-41-76-49-54-20-8-4-9-21-54)81-72(90)64(33-37-68(86)95-46-42-77-50-55-22-10-5-11-23-55)82-73(91)65(34-38-69(87)96-47-43-78-51-56-24-12-6-13-25-56)83-74(92)66(35-39-70(88)97-48-44-79-52-57-26-14-7-15-27-57)84-75(93)98-53-62-60-30-18-16-28-58(60)59-29-17-19-31-61(59)62/h4-20,22,24,26,28-31,49-52,62-66H,2-3,32-48,53H2,1H3,(H,80,89)(H,81,90)(H,82,91)(H,83,92)(H,84,93)/q-4/t63-,64-,65-,66-/m0/s1. The van der Waals surface area contributed by atoms with Crippen molar-refractivity contribution in [2.45, 2.75) is 101 Å². The molecule has 0 unspecified atom stereocenters. The second kappa shape index (κ2) is 42.5. The first-order valence-corrected chi connectivity index (χ1v) is 32.6. The molecule has 0 bridgehead atoms. The van der Waals surface area contributed by atoms with E-state index in [0.29, 0.717) is 23.1 Å². The Morgan fingerprint density at radius 1 is 0.408 bits per heavy atom. The van der Waals surface area contributed by atoms with Gasteiger partial charge in [0.05, 0.1) is 26.2 Å². The lowest BCUT2D eigenvalue weighted by Crippen LogP contribution is -2.58. The zero-order valence-electron chi connectivity index (χ0n) is 54.7. The molecule has 1 aliphatic rings. The summed E-state index contributed by atoms with van der Waals surface area (Å²) in [7, 11) is 0. The highest BCUT2D eigenvalue weighted by atomic mass is 16.6. The average Bonchev–Trinajstić information content (AvgIpc) is 1.62. The molecule has 6 aromatic rings. The van der Waals surface area contributed by atoms with Crippen molar-refractivity contribution < 1.29 is 66.8 Å². The molecule has 4 atom stereocenters. The number of amides is 5. The molecule has 23 heteroatoms. The van der Waals surface area contributed by atoms with E-state index in [2.05, 4.69) is 70.8 Å². The number of ether oxygens (including phenoxy) is 5. The van der Waals surface area contributed by atoms with E-state index in [-0.39, 0.29) is 90.9 Å². The third-order valence-corrected chi connectivity index (χ3v) is 15.0. The minimum Gasteiger partial charge on any atom is -0.464 e. The molecule has 0 heterocycles. The number of hydrogen-bond donors (Lipinski definition) is 5. The van der Waals surface area contributed by atoms with Gasteiger partial charge in [0.25, 0.3) is 0 Å². The lowest BCUT2D eigenvalue weighted by atomic mass is 9.98. The number of alkyl carbamates (subject to hydrolysis) is 1. The van der Waals surface area contributed by atoms with Crippen molar-refractivity contribution in [1.82, 2.24) is 26.6 Å². The number of esters is 4. The van der Waals surface area contributed by atoms with E-state index in [0.717, 1.165) is 34.2 Å². The Labute approximate surface area is 570 Å². The molecule has 0 saturated carbocycles. The number of nitrogens with zero attached hydrogens (tertiary/aromatic N) is 4. The predicted molar refractivity (Wildman–Crippen MR) is 367 cm³/mol. The smallest absolute Gasteiger partial charge is 0.407 e. The molecule has 0 aromatic heterocycles. The van der Waals surface area contributed by atoms with Gasteiger partial charge >= 0.3 is 30.0 Å². The van der Waals surface area contributed by atoms with E-state index < -0.39 is 110 Å². The Morgan fingerprint density at radius 2 is 0.724 bits per heavy atom. The first kappa shape index (κ1) is 74.4. The Bertz CT molecular complexity index is 3600. The fourth-order valence-electron chi connectivity index (χ4n) is 9.97. The minimum atomic E-state index is -1.69. The average molecular weight is 1330 g/mol. The van der Waals surface area contributed by atoms with Gasteiger partial charge in [-0.1, -0.05) is 86.7 Å². The molecule has 5 amide bonds. The number of hydrogen-bond acceptors (Lipinski definition) is 18. The number of aliphatic imine (C=N–C) groups is 4. The van der Waals surface area contributed by atoms with E-state index in [1.165, 1.54) is 0 Å². The van der Waals surface area contributed by atoms with Crippen molar-refractivity contribution in [2.75, 3.05) is 65.8 Å². The molecule has 0 aliphatic heterocycles. The summed E-state index contributed by atoms with van der Waals surface area (Å²) >= 11 is 0. The van der Waals surface area contributed by atoms with Gasteiger partial charge in [-0.3, -0.25) is 38.4 Å². The summed E-state index contributed by atoms with van der Waals surface area (Å²) < 4.78 is 27.6. The summed E-state index contributed by atoms with van der Waals surface area (Å²) in [5.41, 5.74) is 6.64. The molecule has 5 N–H and O–H groups in total. The second-order valence-electron chi connectivity index (χ2n) is 22.3. The van der Waals surface area contributed by atoms with Crippen LogP contribution in [0.2, 0.25) is 0 Å². The molecule has 6 aromatic carbocycles. The van der Waals surface area contributed by atoms with Crippen LogP contribution >= 0.6 is 0 Å². The van der Waals surface area contributed by atoms with Crippen LogP contribution in [0, 0.1) is 24.3 Å². The van der Waals surface area contributed by atoms with Crippen LogP contribution in [-0.4, -0.2) is 168 Å². The van der Waals surface area contributed by atoms with Gasteiger partial charge in [-0.15, -0.1) is 144 Å². The zero-order chi connectivity index (χ0) is 69.4. The maximum absolute atomic E-state index is 14.9. The van der Waals surface area contributed by atoms with Crippen LogP contribution in [-0.2, 0) is 62.0 Å². The van der Waals surface area contributed by atoms with Gasteiger partial charge in [0.15, 0.2) is 0 Å². The Morgan fingerprint density at radius 3 is 1.05 bits per heavy atom. The zero-order valence-corrected chi connectivity index (χ0v) is 54.7. The van der Waals surface area contributed by atoms with Crippen molar-refractivity contribution in [3.8, 4) is 11.1 Å². The summed E-state index contributed by atoms with van der Waals surface area (Å²) in [6.45, 7) is 1.90. The summed E-state index contributed by atoms with van der Waals surface area (Å²) in [6, 6.07) is 49.8. The Hall–Kier alpha value is -11.0. The van der Waals surface area contributed by atoms with Crippen LogP contribution in [0.4, 0.5) is 4.79 Å². The van der Waals surface area contributed by atoms with E-state index in [4.69, 9.17) is 23.7 Å². The number of rotatable bonds is 41.